The molecule has 2 nitrogen and oxygen atoms in total. The van der Waals surface area contributed by atoms with Gasteiger partial charge in [-0.05, 0) is 44.1 Å². The van der Waals surface area contributed by atoms with E-state index in [-0.39, 0.29) is 5.54 Å². The third-order valence-electron chi connectivity index (χ3n) is 3.18. The fourth-order valence-corrected chi connectivity index (χ4v) is 2.67. The summed E-state index contributed by atoms with van der Waals surface area (Å²) in [5, 5.41) is 0.738. The van der Waals surface area contributed by atoms with Gasteiger partial charge in [0.15, 0.2) is 4.77 Å². The maximum Gasteiger partial charge on any atom is 0.178 e. The first kappa shape index (κ1) is 9.43. The van der Waals surface area contributed by atoms with Crippen molar-refractivity contribution in [3.05, 3.63) is 28.0 Å². The minimum absolute atomic E-state index is 0.208. The van der Waals surface area contributed by atoms with Crippen LogP contribution in [-0.4, -0.2) is 9.55 Å². The van der Waals surface area contributed by atoms with Crippen LogP contribution in [0.5, 0.6) is 0 Å². The Morgan fingerprint density at radius 2 is 2.20 bits per heavy atom. The second-order valence-electron chi connectivity index (χ2n) is 4.40. The summed E-state index contributed by atoms with van der Waals surface area (Å²) in [6.07, 6.45) is 2.39. The largest absolute Gasteiger partial charge is 0.329 e. The van der Waals surface area contributed by atoms with Gasteiger partial charge in [0, 0.05) is 5.54 Å². The van der Waals surface area contributed by atoms with E-state index in [4.69, 9.17) is 23.8 Å². The Morgan fingerprint density at radius 1 is 1.47 bits per heavy atom. The van der Waals surface area contributed by atoms with E-state index in [0.29, 0.717) is 0 Å². The third-order valence-corrected chi connectivity index (χ3v) is 3.78. The van der Waals surface area contributed by atoms with E-state index in [9.17, 15) is 0 Å². The normalized spacial score (nSPS) is 18.3. The van der Waals surface area contributed by atoms with E-state index >= 15 is 0 Å². The van der Waals surface area contributed by atoms with Crippen molar-refractivity contribution >= 4 is 34.9 Å². The van der Waals surface area contributed by atoms with Gasteiger partial charge in [0.2, 0.25) is 0 Å². The summed E-state index contributed by atoms with van der Waals surface area (Å²) < 4.78 is 2.97. The molecule has 1 N–H and O–H groups in total. The molecule has 0 bridgehead atoms. The smallest absolute Gasteiger partial charge is 0.178 e. The molecule has 1 saturated carbocycles. The summed E-state index contributed by atoms with van der Waals surface area (Å²) in [5.74, 6) is 0. The number of hydrogen-bond donors (Lipinski definition) is 1. The lowest BCUT2D eigenvalue weighted by Crippen LogP contribution is -2.11. The lowest BCUT2D eigenvalue weighted by molar-refractivity contribution is 0.541. The molecule has 1 aliphatic rings. The Labute approximate surface area is 97.9 Å². The van der Waals surface area contributed by atoms with Gasteiger partial charge < -0.3 is 9.55 Å². The van der Waals surface area contributed by atoms with Crippen molar-refractivity contribution in [1.29, 1.82) is 0 Å². The van der Waals surface area contributed by atoms with E-state index < -0.39 is 0 Å². The molecule has 78 valence electrons. The second kappa shape index (κ2) is 2.86. The summed E-state index contributed by atoms with van der Waals surface area (Å²) >= 11 is 11.5. The highest BCUT2D eigenvalue weighted by Crippen LogP contribution is 2.45. The van der Waals surface area contributed by atoms with Crippen LogP contribution in [0.1, 0.15) is 19.8 Å². The Bertz CT molecular complexity index is 592. The Hall–Kier alpha value is -0.800. The molecule has 0 amide bonds. The van der Waals surface area contributed by atoms with Crippen LogP contribution in [0, 0.1) is 4.77 Å². The zero-order valence-corrected chi connectivity index (χ0v) is 9.95. The van der Waals surface area contributed by atoms with Crippen LogP contribution in [-0.2, 0) is 5.54 Å². The number of aromatic amines is 1. The van der Waals surface area contributed by atoms with Gasteiger partial charge in [0.05, 0.1) is 16.1 Å². The first-order valence-electron chi connectivity index (χ1n) is 5.02. The van der Waals surface area contributed by atoms with Crippen molar-refractivity contribution in [3.8, 4) is 0 Å². The average molecular weight is 239 g/mol. The molecule has 0 aliphatic heterocycles. The van der Waals surface area contributed by atoms with Crippen molar-refractivity contribution in [2.24, 2.45) is 0 Å². The molecule has 0 spiro atoms. The van der Waals surface area contributed by atoms with Gasteiger partial charge in [-0.2, -0.15) is 0 Å². The standard InChI is InChI=1S/C11H11ClN2S/c1-11(5-6-11)14-8-4-2-3-7(12)9(8)13-10(14)15/h2-4H,5-6H2,1H3,(H,13,15). The molecule has 0 saturated heterocycles. The lowest BCUT2D eigenvalue weighted by atomic mass is 10.2. The maximum atomic E-state index is 6.12. The molecule has 1 fully saturated rings. The van der Waals surface area contributed by atoms with E-state index in [1.165, 1.54) is 12.8 Å². The highest BCUT2D eigenvalue weighted by atomic mass is 35.5. The summed E-state index contributed by atoms with van der Waals surface area (Å²) in [7, 11) is 0. The van der Waals surface area contributed by atoms with E-state index in [2.05, 4.69) is 22.5 Å². The molecule has 3 rings (SSSR count). The number of halogens is 1. The monoisotopic (exact) mass is 238 g/mol. The van der Waals surface area contributed by atoms with Crippen LogP contribution < -0.4 is 0 Å². The Balaban J connectivity index is 2.43. The van der Waals surface area contributed by atoms with Crippen LogP contribution >= 0.6 is 23.8 Å². The van der Waals surface area contributed by atoms with Gasteiger partial charge in [0.1, 0.15) is 0 Å². The van der Waals surface area contributed by atoms with Crippen molar-refractivity contribution in [2.45, 2.75) is 25.3 Å². The summed E-state index contributed by atoms with van der Waals surface area (Å²) in [4.78, 5) is 3.19. The quantitative estimate of drug-likeness (QED) is 0.749. The number of para-hydroxylation sites is 1. The predicted molar refractivity (Wildman–Crippen MR) is 65.0 cm³/mol. The number of nitrogens with zero attached hydrogens (tertiary/aromatic N) is 1. The molecule has 0 atom stereocenters. The van der Waals surface area contributed by atoms with Crippen LogP contribution in [0.15, 0.2) is 18.2 Å². The molecule has 1 heterocycles. The van der Waals surface area contributed by atoms with Crippen molar-refractivity contribution in [1.82, 2.24) is 9.55 Å². The molecule has 0 radical (unpaired) electrons. The number of H-pyrrole nitrogens is 1. The van der Waals surface area contributed by atoms with E-state index in [1.807, 2.05) is 12.1 Å². The third kappa shape index (κ3) is 1.26. The van der Waals surface area contributed by atoms with Gasteiger partial charge >= 0.3 is 0 Å². The summed E-state index contributed by atoms with van der Waals surface area (Å²) in [6.45, 7) is 2.23. The molecular formula is C11H11ClN2S. The van der Waals surface area contributed by atoms with Crippen LogP contribution in [0.3, 0.4) is 0 Å². The van der Waals surface area contributed by atoms with Gasteiger partial charge in [0.25, 0.3) is 0 Å². The van der Waals surface area contributed by atoms with E-state index in [1.54, 1.807) is 0 Å². The van der Waals surface area contributed by atoms with Gasteiger partial charge in [-0.25, -0.2) is 0 Å². The molecule has 4 heteroatoms. The molecule has 0 unspecified atom stereocenters. The number of imidazole rings is 1. The topological polar surface area (TPSA) is 20.7 Å². The minimum Gasteiger partial charge on any atom is -0.329 e. The van der Waals surface area contributed by atoms with E-state index in [0.717, 1.165) is 20.8 Å². The first-order chi connectivity index (χ1) is 7.12. The van der Waals surface area contributed by atoms with Crippen LogP contribution in [0.25, 0.3) is 11.0 Å². The minimum atomic E-state index is 0.208. The summed E-state index contributed by atoms with van der Waals surface area (Å²) in [6, 6.07) is 5.92. The molecule has 1 aromatic carbocycles. The maximum absolute atomic E-state index is 6.12. The Morgan fingerprint density at radius 3 is 2.87 bits per heavy atom. The number of fused-ring (bicyclic) bond motifs is 1. The zero-order chi connectivity index (χ0) is 10.6. The number of hydrogen-bond acceptors (Lipinski definition) is 1. The van der Waals surface area contributed by atoms with Crippen molar-refractivity contribution < 1.29 is 0 Å². The fraction of sp³-hybridized carbons (Fsp3) is 0.364. The number of rotatable bonds is 1. The highest BCUT2D eigenvalue weighted by Gasteiger charge is 2.40. The number of benzene rings is 1. The number of nitrogens with one attached hydrogen (secondary N) is 1. The van der Waals surface area contributed by atoms with Crippen LogP contribution in [0.4, 0.5) is 0 Å². The molecule has 2 aromatic rings. The van der Waals surface area contributed by atoms with Gasteiger partial charge in [-0.3, -0.25) is 0 Å². The number of aromatic nitrogens is 2. The molecule has 1 aromatic heterocycles. The van der Waals surface area contributed by atoms with Gasteiger partial charge in [-0.15, -0.1) is 0 Å². The summed E-state index contributed by atoms with van der Waals surface area (Å²) in [5.41, 5.74) is 2.28. The SMILES string of the molecule is CC1(n2c(=S)[nH]c3c(Cl)cccc32)CC1. The molecule has 1 aliphatic carbocycles. The predicted octanol–water partition coefficient (Wildman–Crippen LogP) is 3.86. The average Bonchev–Trinajstić information content (AvgIpc) is 2.80. The highest BCUT2D eigenvalue weighted by molar-refractivity contribution is 7.71. The fourth-order valence-electron chi connectivity index (χ4n) is 2.04. The lowest BCUT2D eigenvalue weighted by Gasteiger charge is -2.11. The van der Waals surface area contributed by atoms with Crippen molar-refractivity contribution in [3.63, 3.8) is 0 Å². The van der Waals surface area contributed by atoms with Crippen molar-refractivity contribution in [2.75, 3.05) is 0 Å². The first-order valence-corrected chi connectivity index (χ1v) is 5.80. The molecule has 15 heavy (non-hydrogen) atoms. The van der Waals surface area contributed by atoms with Crippen LogP contribution in [0.2, 0.25) is 5.02 Å². The molecular weight excluding hydrogens is 228 g/mol. The second-order valence-corrected chi connectivity index (χ2v) is 5.19. The zero-order valence-electron chi connectivity index (χ0n) is 8.38. The van der Waals surface area contributed by atoms with Gasteiger partial charge in [-0.1, -0.05) is 17.7 Å². The Kier molecular flexibility index (Phi) is 1.80.